The first-order chi connectivity index (χ1) is 9.06. The Kier molecular flexibility index (Phi) is 4.21. The van der Waals surface area contributed by atoms with Gasteiger partial charge in [-0.1, -0.05) is 11.6 Å². The first kappa shape index (κ1) is 14.0. The minimum atomic E-state index is 0.0266. The van der Waals surface area contributed by atoms with Crippen LogP contribution in [0.4, 0.5) is 0 Å². The quantitative estimate of drug-likeness (QED) is 0.883. The van der Waals surface area contributed by atoms with Crippen LogP contribution < -0.4 is 0 Å². The number of rotatable bonds is 4. The summed E-state index contributed by atoms with van der Waals surface area (Å²) in [5.74, 6) is 0.0266. The number of aromatic amines is 1. The Balaban J connectivity index is 2.38. The van der Waals surface area contributed by atoms with Crippen molar-refractivity contribution in [3.05, 3.63) is 22.1 Å². The first-order valence-electron chi connectivity index (χ1n) is 6.08. The highest BCUT2D eigenvalue weighted by Gasteiger charge is 2.14. The molecule has 0 radical (unpaired) electrons. The lowest BCUT2D eigenvalue weighted by molar-refractivity contribution is -0.131. The van der Waals surface area contributed by atoms with Crippen molar-refractivity contribution in [3.8, 4) is 0 Å². The molecule has 0 aliphatic heterocycles. The Morgan fingerprint density at radius 1 is 1.53 bits per heavy atom. The zero-order valence-electron chi connectivity index (χ0n) is 10.8. The van der Waals surface area contributed by atoms with Crippen LogP contribution in [-0.4, -0.2) is 38.4 Å². The average molecular weight is 299 g/mol. The fourth-order valence-corrected chi connectivity index (χ4v) is 2.40. The highest BCUT2D eigenvalue weighted by molar-refractivity contribution is 7.71. The van der Waals surface area contributed by atoms with Crippen LogP contribution in [0.1, 0.15) is 13.8 Å². The van der Waals surface area contributed by atoms with Crippen molar-refractivity contribution >= 4 is 40.9 Å². The van der Waals surface area contributed by atoms with Crippen molar-refractivity contribution in [2.24, 2.45) is 0 Å². The van der Waals surface area contributed by atoms with E-state index in [1.807, 2.05) is 13.8 Å². The third-order valence-electron chi connectivity index (χ3n) is 2.99. The third-order valence-corrected chi connectivity index (χ3v) is 3.51. The lowest BCUT2D eigenvalue weighted by atomic mass is 10.4. The molecular weight excluding hydrogens is 284 g/mol. The fraction of sp³-hybridized carbons (Fsp3) is 0.417. The molecule has 102 valence electrons. The van der Waals surface area contributed by atoms with Crippen LogP contribution in [0.25, 0.3) is 11.2 Å². The number of nitrogens with zero attached hydrogens (tertiary/aromatic N) is 3. The molecule has 1 amide bonds. The summed E-state index contributed by atoms with van der Waals surface area (Å²) >= 11 is 11.1. The maximum absolute atomic E-state index is 12.1. The highest BCUT2D eigenvalue weighted by atomic mass is 35.5. The van der Waals surface area contributed by atoms with Gasteiger partial charge in [0.1, 0.15) is 6.54 Å². The van der Waals surface area contributed by atoms with Crippen LogP contribution in [0.15, 0.2) is 12.3 Å². The van der Waals surface area contributed by atoms with Crippen molar-refractivity contribution in [2.75, 3.05) is 13.1 Å². The van der Waals surface area contributed by atoms with Crippen molar-refractivity contribution in [1.29, 1.82) is 0 Å². The summed E-state index contributed by atoms with van der Waals surface area (Å²) in [4.78, 5) is 21.1. The number of hydrogen-bond acceptors (Lipinski definition) is 3. The molecule has 0 saturated heterocycles. The van der Waals surface area contributed by atoms with Crippen molar-refractivity contribution in [3.63, 3.8) is 0 Å². The first-order valence-corrected chi connectivity index (χ1v) is 6.87. The zero-order chi connectivity index (χ0) is 14.0. The van der Waals surface area contributed by atoms with E-state index >= 15 is 0 Å². The number of nitrogens with one attached hydrogen (secondary N) is 1. The molecule has 0 spiro atoms. The number of likely N-dealkylation sites (N-methyl/N-ethyl adjacent to an activating group) is 1. The molecule has 2 aromatic heterocycles. The second-order valence-electron chi connectivity index (χ2n) is 4.11. The molecule has 2 heterocycles. The molecule has 0 atom stereocenters. The molecule has 0 unspecified atom stereocenters. The van der Waals surface area contributed by atoms with E-state index in [0.717, 1.165) is 5.52 Å². The predicted molar refractivity (Wildman–Crippen MR) is 77.9 cm³/mol. The number of halogens is 1. The summed E-state index contributed by atoms with van der Waals surface area (Å²) in [6.07, 6.45) is 1.55. The largest absolute Gasteiger partial charge is 0.342 e. The minimum absolute atomic E-state index is 0.0266. The van der Waals surface area contributed by atoms with Gasteiger partial charge >= 0.3 is 0 Å². The molecule has 0 aliphatic carbocycles. The molecule has 2 rings (SSSR count). The highest BCUT2D eigenvalue weighted by Crippen LogP contribution is 2.16. The molecule has 2 aromatic rings. The zero-order valence-corrected chi connectivity index (χ0v) is 12.4. The molecule has 0 fully saturated rings. The van der Waals surface area contributed by atoms with Crippen LogP contribution in [-0.2, 0) is 11.3 Å². The molecule has 5 nitrogen and oxygen atoms in total. The number of fused-ring (bicyclic) bond motifs is 1. The Labute approximate surface area is 121 Å². The van der Waals surface area contributed by atoms with E-state index in [0.29, 0.717) is 28.5 Å². The maximum Gasteiger partial charge on any atom is 0.242 e. The number of H-pyrrole nitrogens is 1. The standard InChI is InChI=1S/C12H15ClN4OS/c1-3-16(4-2)10(18)7-17-11-9(15-12(17)19)5-8(13)6-14-11/h5-6H,3-4,7H2,1-2H3,(H,15,19). The van der Waals surface area contributed by atoms with Crippen LogP contribution in [0, 0.1) is 4.77 Å². The lowest BCUT2D eigenvalue weighted by Gasteiger charge is -2.18. The summed E-state index contributed by atoms with van der Waals surface area (Å²) in [6, 6.07) is 1.75. The molecule has 19 heavy (non-hydrogen) atoms. The number of imidazole rings is 1. The van der Waals surface area contributed by atoms with Crippen molar-refractivity contribution < 1.29 is 4.79 Å². The van der Waals surface area contributed by atoms with E-state index in [2.05, 4.69) is 9.97 Å². The molecule has 0 aromatic carbocycles. The Bertz CT molecular complexity index is 659. The van der Waals surface area contributed by atoms with Gasteiger partial charge in [-0.25, -0.2) is 4.98 Å². The average Bonchev–Trinajstić information content (AvgIpc) is 2.66. The Hall–Kier alpha value is -1.40. The molecule has 7 heteroatoms. The molecule has 0 bridgehead atoms. The monoisotopic (exact) mass is 298 g/mol. The Morgan fingerprint density at radius 2 is 2.21 bits per heavy atom. The normalized spacial score (nSPS) is 10.9. The van der Waals surface area contributed by atoms with Gasteiger partial charge < -0.3 is 9.88 Å². The van der Waals surface area contributed by atoms with Gasteiger partial charge in [-0.15, -0.1) is 0 Å². The second kappa shape index (κ2) is 5.71. The van der Waals surface area contributed by atoms with E-state index in [1.165, 1.54) is 0 Å². The summed E-state index contributed by atoms with van der Waals surface area (Å²) in [5.41, 5.74) is 1.39. The number of aromatic nitrogens is 3. The molecule has 0 saturated carbocycles. The summed E-state index contributed by atoms with van der Waals surface area (Å²) in [5, 5.41) is 0.533. The minimum Gasteiger partial charge on any atom is -0.342 e. The van der Waals surface area contributed by atoms with E-state index < -0.39 is 0 Å². The number of pyridine rings is 1. The van der Waals surface area contributed by atoms with Crippen LogP contribution in [0.2, 0.25) is 5.02 Å². The van der Waals surface area contributed by atoms with E-state index in [9.17, 15) is 4.79 Å². The number of carbonyl (C=O) groups excluding carboxylic acids is 1. The Morgan fingerprint density at radius 3 is 2.84 bits per heavy atom. The van der Waals surface area contributed by atoms with Crippen LogP contribution in [0.5, 0.6) is 0 Å². The van der Waals surface area contributed by atoms with Gasteiger partial charge in [0.2, 0.25) is 5.91 Å². The lowest BCUT2D eigenvalue weighted by Crippen LogP contribution is -2.33. The van der Waals surface area contributed by atoms with Crippen molar-refractivity contribution in [2.45, 2.75) is 20.4 Å². The van der Waals surface area contributed by atoms with Crippen LogP contribution >= 0.6 is 23.8 Å². The van der Waals surface area contributed by atoms with Gasteiger partial charge in [0.25, 0.3) is 0 Å². The van der Waals surface area contributed by atoms with Gasteiger partial charge in [0, 0.05) is 19.3 Å². The van der Waals surface area contributed by atoms with Gasteiger partial charge in [0.05, 0.1) is 10.5 Å². The summed E-state index contributed by atoms with van der Waals surface area (Å²) in [7, 11) is 0. The predicted octanol–water partition coefficient (Wildman–Crippen LogP) is 2.62. The van der Waals surface area contributed by atoms with Crippen LogP contribution in [0.3, 0.4) is 0 Å². The van der Waals surface area contributed by atoms with E-state index in [-0.39, 0.29) is 12.5 Å². The molecular formula is C12H15ClN4OS. The van der Waals surface area contributed by atoms with Gasteiger partial charge in [-0.05, 0) is 32.1 Å². The third kappa shape index (κ3) is 2.79. The number of carbonyl (C=O) groups is 1. The van der Waals surface area contributed by atoms with E-state index in [1.54, 1.807) is 21.7 Å². The van der Waals surface area contributed by atoms with Gasteiger partial charge in [0.15, 0.2) is 10.4 Å². The topological polar surface area (TPSA) is 53.9 Å². The summed E-state index contributed by atoms with van der Waals surface area (Å²) in [6.45, 7) is 5.46. The number of hydrogen-bond donors (Lipinski definition) is 1. The fourth-order valence-electron chi connectivity index (χ4n) is 1.98. The molecule has 0 aliphatic rings. The SMILES string of the molecule is CCN(CC)C(=O)Cn1c(=S)[nH]c2cc(Cl)cnc21. The second-order valence-corrected chi connectivity index (χ2v) is 4.93. The van der Waals surface area contributed by atoms with Gasteiger partial charge in [-0.3, -0.25) is 9.36 Å². The maximum atomic E-state index is 12.1. The van der Waals surface area contributed by atoms with Crippen molar-refractivity contribution in [1.82, 2.24) is 19.4 Å². The molecule has 1 N–H and O–H groups in total. The van der Waals surface area contributed by atoms with Gasteiger partial charge in [-0.2, -0.15) is 0 Å². The number of amides is 1. The summed E-state index contributed by atoms with van der Waals surface area (Å²) < 4.78 is 2.17. The van der Waals surface area contributed by atoms with E-state index in [4.69, 9.17) is 23.8 Å². The smallest absolute Gasteiger partial charge is 0.242 e.